The summed E-state index contributed by atoms with van der Waals surface area (Å²) in [5.74, 6) is 1.12. The van der Waals surface area contributed by atoms with Crippen LogP contribution in [-0.4, -0.2) is 57.6 Å². The summed E-state index contributed by atoms with van der Waals surface area (Å²) in [5, 5.41) is 15.8. The molecule has 1 aliphatic rings. The van der Waals surface area contributed by atoms with E-state index in [1.165, 1.54) is 12.1 Å². The summed E-state index contributed by atoms with van der Waals surface area (Å²) >= 11 is 0. The Hall–Kier alpha value is -1.86. The Morgan fingerprint density at radius 2 is 2.16 bits per heavy atom. The van der Waals surface area contributed by atoms with Gasteiger partial charge in [-0.15, -0.1) is 0 Å². The highest BCUT2D eigenvalue weighted by Crippen LogP contribution is 2.31. The second-order valence-electron chi connectivity index (χ2n) is 6.28. The minimum absolute atomic E-state index is 0.0158. The summed E-state index contributed by atoms with van der Waals surface area (Å²) in [4.78, 5) is 4.21. The summed E-state index contributed by atoms with van der Waals surface area (Å²) < 4.78 is 23.9. The maximum atomic E-state index is 12.8. The Morgan fingerprint density at radius 1 is 1.36 bits per heavy atom. The van der Waals surface area contributed by atoms with Gasteiger partial charge in [-0.1, -0.05) is 0 Å². The molecule has 1 aromatic carbocycles. The van der Waals surface area contributed by atoms with Gasteiger partial charge >= 0.3 is 0 Å². The maximum absolute atomic E-state index is 12.8. The zero-order chi connectivity index (χ0) is 18.0. The average molecular weight is 353 g/mol. The van der Waals surface area contributed by atoms with E-state index in [0.717, 1.165) is 38.4 Å². The molecule has 0 spiro atoms. The van der Waals surface area contributed by atoms with Crippen LogP contribution in [0.3, 0.4) is 0 Å². The number of ether oxygens (including phenoxy) is 2. The van der Waals surface area contributed by atoms with Gasteiger partial charge in [0.2, 0.25) is 0 Å². The predicted octanol–water partition coefficient (Wildman–Crippen LogP) is 1.55. The first-order valence-corrected chi connectivity index (χ1v) is 8.69. The van der Waals surface area contributed by atoms with E-state index in [4.69, 9.17) is 9.47 Å². The number of guanidine groups is 1. The van der Waals surface area contributed by atoms with E-state index in [0.29, 0.717) is 25.5 Å². The second-order valence-corrected chi connectivity index (χ2v) is 6.28. The third-order valence-electron chi connectivity index (χ3n) is 4.38. The number of aliphatic hydroxyl groups excluding tert-OH is 1. The molecule has 1 heterocycles. The largest absolute Gasteiger partial charge is 0.494 e. The monoisotopic (exact) mass is 353 g/mol. The number of nitrogens with one attached hydrogen (secondary N) is 2. The third kappa shape index (κ3) is 6.51. The number of hydrogen-bond donors (Lipinski definition) is 3. The van der Waals surface area contributed by atoms with E-state index in [1.807, 2.05) is 0 Å². The molecule has 1 saturated heterocycles. The molecule has 1 fully saturated rings. The Kier molecular flexibility index (Phi) is 7.94. The summed E-state index contributed by atoms with van der Waals surface area (Å²) in [6.45, 7) is 3.55. The molecule has 0 aliphatic carbocycles. The van der Waals surface area contributed by atoms with Gasteiger partial charge in [-0.05, 0) is 43.5 Å². The van der Waals surface area contributed by atoms with Crippen molar-refractivity contribution in [2.45, 2.75) is 19.3 Å². The van der Waals surface area contributed by atoms with Crippen LogP contribution >= 0.6 is 0 Å². The van der Waals surface area contributed by atoms with Crippen molar-refractivity contribution in [1.82, 2.24) is 10.6 Å². The minimum atomic E-state index is -0.268. The Morgan fingerprint density at radius 3 is 2.80 bits per heavy atom. The molecule has 1 aromatic rings. The summed E-state index contributed by atoms with van der Waals surface area (Å²) in [7, 11) is 1.73. The van der Waals surface area contributed by atoms with Crippen LogP contribution in [0.15, 0.2) is 29.3 Å². The fourth-order valence-electron chi connectivity index (χ4n) is 2.80. The lowest BCUT2D eigenvalue weighted by atomic mass is 9.84. The molecule has 7 heteroatoms. The van der Waals surface area contributed by atoms with E-state index in [1.54, 1.807) is 19.2 Å². The van der Waals surface area contributed by atoms with Gasteiger partial charge in [0.05, 0.1) is 13.2 Å². The van der Waals surface area contributed by atoms with Gasteiger partial charge in [0.15, 0.2) is 5.96 Å². The van der Waals surface area contributed by atoms with Gasteiger partial charge in [-0.25, -0.2) is 4.39 Å². The average Bonchev–Trinajstić information content (AvgIpc) is 3.08. The SMILES string of the molecule is CN=C(NCCCOc1ccc(F)cc1)NCC1(CCO)CCOC1. The number of rotatable bonds is 9. The van der Waals surface area contributed by atoms with E-state index >= 15 is 0 Å². The molecule has 1 atom stereocenters. The van der Waals surface area contributed by atoms with E-state index < -0.39 is 0 Å². The summed E-state index contributed by atoms with van der Waals surface area (Å²) in [6.07, 6.45) is 2.47. The highest BCUT2D eigenvalue weighted by molar-refractivity contribution is 5.79. The zero-order valence-corrected chi connectivity index (χ0v) is 14.8. The van der Waals surface area contributed by atoms with Crippen LogP contribution in [-0.2, 0) is 4.74 Å². The van der Waals surface area contributed by atoms with Gasteiger partial charge in [-0.3, -0.25) is 4.99 Å². The van der Waals surface area contributed by atoms with Crippen molar-refractivity contribution in [3.8, 4) is 5.75 Å². The van der Waals surface area contributed by atoms with Crippen molar-refractivity contribution >= 4 is 5.96 Å². The van der Waals surface area contributed by atoms with Crippen LogP contribution in [0.1, 0.15) is 19.3 Å². The molecule has 0 amide bonds. The normalized spacial score (nSPS) is 20.5. The molecule has 6 nitrogen and oxygen atoms in total. The van der Waals surface area contributed by atoms with Crippen LogP contribution in [0.5, 0.6) is 5.75 Å². The number of aliphatic imine (C=N–C) groups is 1. The number of aliphatic hydroxyl groups is 1. The van der Waals surface area contributed by atoms with Crippen molar-refractivity contribution in [2.75, 3.05) is 46.6 Å². The molecule has 0 saturated carbocycles. The first-order valence-electron chi connectivity index (χ1n) is 8.69. The van der Waals surface area contributed by atoms with Crippen LogP contribution < -0.4 is 15.4 Å². The topological polar surface area (TPSA) is 75.1 Å². The summed E-state index contributed by atoms with van der Waals surface area (Å²) in [6, 6.07) is 6.00. The number of benzene rings is 1. The molecular formula is C18H28FN3O3. The van der Waals surface area contributed by atoms with Gasteiger partial charge in [0, 0.05) is 38.8 Å². The minimum Gasteiger partial charge on any atom is -0.494 e. The Labute approximate surface area is 148 Å². The molecule has 25 heavy (non-hydrogen) atoms. The lowest BCUT2D eigenvalue weighted by Gasteiger charge is -2.27. The van der Waals surface area contributed by atoms with Crippen LogP contribution in [0.4, 0.5) is 4.39 Å². The van der Waals surface area contributed by atoms with E-state index in [9.17, 15) is 9.50 Å². The molecule has 0 bridgehead atoms. The standard InChI is InChI=1S/C18H28FN3O3/c1-20-17(22-13-18(7-10-23)8-12-24-14-18)21-9-2-11-25-16-5-3-15(19)4-6-16/h3-6,23H,2,7-14H2,1H3,(H2,20,21,22). The smallest absolute Gasteiger partial charge is 0.191 e. The fourth-order valence-corrected chi connectivity index (χ4v) is 2.80. The van der Waals surface area contributed by atoms with Crippen molar-refractivity contribution < 1.29 is 19.0 Å². The van der Waals surface area contributed by atoms with Crippen LogP contribution in [0, 0.1) is 11.2 Å². The quantitative estimate of drug-likeness (QED) is 0.357. The lowest BCUT2D eigenvalue weighted by Crippen LogP contribution is -2.44. The molecule has 3 N–H and O–H groups in total. The summed E-state index contributed by atoms with van der Waals surface area (Å²) in [5.41, 5.74) is -0.0158. The van der Waals surface area contributed by atoms with Crippen molar-refractivity contribution in [3.05, 3.63) is 30.1 Å². The van der Waals surface area contributed by atoms with Crippen molar-refractivity contribution in [2.24, 2.45) is 10.4 Å². The van der Waals surface area contributed by atoms with E-state index in [2.05, 4.69) is 15.6 Å². The Balaban J connectivity index is 1.64. The number of halogens is 1. The maximum Gasteiger partial charge on any atom is 0.191 e. The molecule has 0 radical (unpaired) electrons. The predicted molar refractivity (Wildman–Crippen MR) is 95.4 cm³/mol. The van der Waals surface area contributed by atoms with Gasteiger partial charge < -0.3 is 25.2 Å². The van der Waals surface area contributed by atoms with Gasteiger partial charge in [0.1, 0.15) is 11.6 Å². The molecular weight excluding hydrogens is 325 g/mol. The number of hydrogen-bond acceptors (Lipinski definition) is 4. The molecule has 2 rings (SSSR count). The second kappa shape index (κ2) is 10.2. The fraction of sp³-hybridized carbons (Fsp3) is 0.611. The van der Waals surface area contributed by atoms with Crippen LogP contribution in [0.2, 0.25) is 0 Å². The van der Waals surface area contributed by atoms with Gasteiger partial charge in [-0.2, -0.15) is 0 Å². The molecule has 1 unspecified atom stereocenters. The zero-order valence-electron chi connectivity index (χ0n) is 14.8. The van der Waals surface area contributed by atoms with Crippen LogP contribution in [0.25, 0.3) is 0 Å². The first kappa shape index (κ1) is 19.5. The lowest BCUT2D eigenvalue weighted by molar-refractivity contribution is 0.127. The molecule has 0 aromatic heterocycles. The van der Waals surface area contributed by atoms with E-state index in [-0.39, 0.29) is 17.8 Å². The molecule has 1 aliphatic heterocycles. The highest BCUT2D eigenvalue weighted by Gasteiger charge is 2.34. The van der Waals surface area contributed by atoms with Gasteiger partial charge in [0.25, 0.3) is 0 Å². The Bertz CT molecular complexity index is 531. The third-order valence-corrected chi connectivity index (χ3v) is 4.38. The molecule has 140 valence electrons. The number of nitrogens with zero attached hydrogens (tertiary/aromatic N) is 1. The van der Waals surface area contributed by atoms with Crippen molar-refractivity contribution in [1.29, 1.82) is 0 Å². The van der Waals surface area contributed by atoms with Crippen molar-refractivity contribution in [3.63, 3.8) is 0 Å². The first-order chi connectivity index (χ1) is 12.2. The highest BCUT2D eigenvalue weighted by atomic mass is 19.1.